The number of hydrogen-bond acceptors (Lipinski definition) is 3. The van der Waals surface area contributed by atoms with E-state index in [2.05, 4.69) is 9.72 Å². The zero-order valence-corrected chi connectivity index (χ0v) is 7.72. The van der Waals surface area contributed by atoms with Crippen LogP contribution in [0.15, 0.2) is 18.3 Å². The summed E-state index contributed by atoms with van der Waals surface area (Å²) in [5.41, 5.74) is 1.22. The van der Waals surface area contributed by atoms with E-state index in [4.69, 9.17) is 0 Å². The van der Waals surface area contributed by atoms with Crippen molar-refractivity contribution in [3.8, 4) is 0 Å². The molecule has 3 nitrogen and oxygen atoms in total. The molecule has 0 aliphatic heterocycles. The molecule has 0 radical (unpaired) electrons. The average Bonchev–Trinajstić information content (AvgIpc) is 2.04. The van der Waals surface area contributed by atoms with E-state index in [1.165, 1.54) is 7.11 Å². The highest BCUT2D eigenvalue weighted by molar-refractivity contribution is 5.88. The number of pyridine rings is 1. The van der Waals surface area contributed by atoms with Gasteiger partial charge in [0, 0.05) is 6.20 Å². The van der Waals surface area contributed by atoms with Crippen molar-refractivity contribution in [2.24, 2.45) is 0 Å². The second-order valence-corrected chi connectivity index (χ2v) is 2.16. The minimum atomic E-state index is -0.386. The van der Waals surface area contributed by atoms with Gasteiger partial charge in [0.2, 0.25) is 0 Å². The number of esters is 1. The van der Waals surface area contributed by atoms with Gasteiger partial charge in [0.25, 0.3) is 0 Å². The maximum absolute atomic E-state index is 10.9. The highest BCUT2D eigenvalue weighted by atomic mass is 35.5. The zero-order chi connectivity index (χ0) is 8.27. The summed E-state index contributed by atoms with van der Waals surface area (Å²) in [7, 11) is 1.34. The normalized spacial score (nSPS) is 8.50. The van der Waals surface area contributed by atoms with Gasteiger partial charge < -0.3 is 4.74 Å². The summed E-state index contributed by atoms with van der Waals surface area (Å²) in [6, 6.07) is 3.60. The smallest absolute Gasteiger partial charge is 0.356 e. The zero-order valence-electron chi connectivity index (χ0n) is 6.90. The summed E-state index contributed by atoms with van der Waals surface area (Å²) in [5.74, 6) is -0.386. The number of ether oxygens (including phenoxy) is 1. The molecule has 0 fully saturated rings. The van der Waals surface area contributed by atoms with Crippen LogP contribution in [0.4, 0.5) is 0 Å². The van der Waals surface area contributed by atoms with Crippen molar-refractivity contribution in [3.05, 3.63) is 29.6 Å². The fraction of sp³-hybridized carbons (Fsp3) is 0.250. The first kappa shape index (κ1) is 10.9. The van der Waals surface area contributed by atoms with Gasteiger partial charge in [0.1, 0.15) is 0 Å². The molecule has 4 heteroatoms. The molecule has 0 aliphatic rings. The number of aryl methyl sites for hydroxylation is 1. The van der Waals surface area contributed by atoms with Crippen LogP contribution in [0, 0.1) is 6.92 Å². The summed E-state index contributed by atoms with van der Waals surface area (Å²) in [6.07, 6.45) is 1.57. The Bertz CT molecular complexity index is 276. The SMILES string of the molecule is COC(=O)c1ncccc1C.Cl. The van der Waals surface area contributed by atoms with Crippen LogP contribution in [0.5, 0.6) is 0 Å². The van der Waals surface area contributed by atoms with E-state index in [1.54, 1.807) is 12.3 Å². The number of hydrogen-bond donors (Lipinski definition) is 0. The topological polar surface area (TPSA) is 39.2 Å². The maximum Gasteiger partial charge on any atom is 0.356 e. The second-order valence-electron chi connectivity index (χ2n) is 2.16. The number of methoxy groups -OCH3 is 1. The molecular weight excluding hydrogens is 178 g/mol. The third-order valence-electron chi connectivity index (χ3n) is 1.39. The Labute approximate surface area is 77.2 Å². The van der Waals surface area contributed by atoms with Crippen LogP contribution in [0.25, 0.3) is 0 Å². The molecule has 0 saturated heterocycles. The lowest BCUT2D eigenvalue weighted by Crippen LogP contribution is -2.05. The fourth-order valence-corrected chi connectivity index (χ4v) is 0.796. The van der Waals surface area contributed by atoms with E-state index in [1.807, 2.05) is 13.0 Å². The Morgan fingerprint density at radius 1 is 1.58 bits per heavy atom. The van der Waals surface area contributed by atoms with Gasteiger partial charge in [-0.1, -0.05) is 6.07 Å². The molecule has 0 atom stereocenters. The molecule has 1 heterocycles. The summed E-state index contributed by atoms with van der Waals surface area (Å²) in [6.45, 7) is 1.82. The summed E-state index contributed by atoms with van der Waals surface area (Å²) in [5, 5.41) is 0. The summed E-state index contributed by atoms with van der Waals surface area (Å²) in [4.78, 5) is 14.8. The molecular formula is C8H10ClNO2. The number of halogens is 1. The van der Waals surface area contributed by atoms with Crippen molar-refractivity contribution >= 4 is 18.4 Å². The van der Waals surface area contributed by atoms with Crippen LogP contribution in [0.3, 0.4) is 0 Å². The van der Waals surface area contributed by atoms with Crippen molar-refractivity contribution < 1.29 is 9.53 Å². The van der Waals surface area contributed by atoms with E-state index in [0.717, 1.165) is 5.56 Å². The number of nitrogens with zero attached hydrogens (tertiary/aromatic N) is 1. The Morgan fingerprint density at radius 3 is 2.75 bits per heavy atom. The van der Waals surface area contributed by atoms with Crippen molar-refractivity contribution in [2.45, 2.75) is 6.92 Å². The van der Waals surface area contributed by atoms with Gasteiger partial charge in [-0.15, -0.1) is 12.4 Å². The number of carbonyl (C=O) groups is 1. The van der Waals surface area contributed by atoms with Crippen molar-refractivity contribution in [2.75, 3.05) is 7.11 Å². The number of aromatic nitrogens is 1. The van der Waals surface area contributed by atoms with E-state index < -0.39 is 0 Å². The standard InChI is InChI=1S/C8H9NO2.ClH/c1-6-4-3-5-9-7(6)8(10)11-2;/h3-5H,1-2H3;1H. The molecule has 66 valence electrons. The molecule has 1 aromatic heterocycles. The minimum absolute atomic E-state index is 0. The summed E-state index contributed by atoms with van der Waals surface area (Å²) < 4.78 is 4.52. The van der Waals surface area contributed by atoms with Crippen LogP contribution in [-0.4, -0.2) is 18.1 Å². The largest absolute Gasteiger partial charge is 0.464 e. The molecule has 12 heavy (non-hydrogen) atoms. The Balaban J connectivity index is 0.00000121. The van der Waals surface area contributed by atoms with Gasteiger partial charge >= 0.3 is 5.97 Å². The third kappa shape index (κ3) is 2.20. The molecule has 0 spiro atoms. The van der Waals surface area contributed by atoms with Crippen molar-refractivity contribution in [1.29, 1.82) is 0 Å². The minimum Gasteiger partial charge on any atom is -0.464 e. The van der Waals surface area contributed by atoms with Gasteiger partial charge in [-0.05, 0) is 18.6 Å². The lowest BCUT2D eigenvalue weighted by Gasteiger charge is -1.99. The van der Waals surface area contributed by atoms with Crippen LogP contribution < -0.4 is 0 Å². The van der Waals surface area contributed by atoms with E-state index in [0.29, 0.717) is 5.69 Å². The molecule has 0 saturated carbocycles. The predicted octanol–water partition coefficient (Wildman–Crippen LogP) is 1.60. The Hall–Kier alpha value is -1.09. The van der Waals surface area contributed by atoms with Gasteiger partial charge in [-0.25, -0.2) is 9.78 Å². The quantitative estimate of drug-likeness (QED) is 0.627. The molecule has 1 aromatic rings. The van der Waals surface area contributed by atoms with Gasteiger partial charge in [-0.3, -0.25) is 0 Å². The van der Waals surface area contributed by atoms with E-state index >= 15 is 0 Å². The van der Waals surface area contributed by atoms with Gasteiger partial charge in [0.15, 0.2) is 5.69 Å². The van der Waals surface area contributed by atoms with Crippen LogP contribution in [0.2, 0.25) is 0 Å². The first-order valence-electron chi connectivity index (χ1n) is 3.25. The van der Waals surface area contributed by atoms with Crippen molar-refractivity contribution in [3.63, 3.8) is 0 Å². The third-order valence-corrected chi connectivity index (χ3v) is 1.39. The highest BCUT2D eigenvalue weighted by Gasteiger charge is 2.08. The van der Waals surface area contributed by atoms with Crippen LogP contribution in [-0.2, 0) is 4.74 Å². The monoisotopic (exact) mass is 187 g/mol. The number of rotatable bonds is 1. The lowest BCUT2D eigenvalue weighted by molar-refractivity contribution is 0.0593. The van der Waals surface area contributed by atoms with E-state index in [9.17, 15) is 4.79 Å². The summed E-state index contributed by atoms with van der Waals surface area (Å²) >= 11 is 0. The van der Waals surface area contributed by atoms with Crippen LogP contribution >= 0.6 is 12.4 Å². The fourth-order valence-electron chi connectivity index (χ4n) is 0.796. The van der Waals surface area contributed by atoms with Crippen LogP contribution in [0.1, 0.15) is 16.1 Å². The average molecular weight is 188 g/mol. The lowest BCUT2D eigenvalue weighted by atomic mass is 10.2. The predicted molar refractivity (Wildman–Crippen MR) is 47.6 cm³/mol. The molecule has 0 amide bonds. The van der Waals surface area contributed by atoms with Gasteiger partial charge in [-0.2, -0.15) is 0 Å². The molecule has 0 bridgehead atoms. The molecule has 0 unspecified atom stereocenters. The van der Waals surface area contributed by atoms with Gasteiger partial charge in [0.05, 0.1) is 7.11 Å². The van der Waals surface area contributed by atoms with E-state index in [-0.39, 0.29) is 18.4 Å². The first-order valence-corrected chi connectivity index (χ1v) is 3.25. The maximum atomic E-state index is 10.9. The molecule has 1 rings (SSSR count). The Kier molecular flexibility index (Phi) is 4.29. The molecule has 0 N–H and O–H groups in total. The first-order chi connectivity index (χ1) is 5.25. The highest BCUT2D eigenvalue weighted by Crippen LogP contribution is 2.03. The molecule has 0 aliphatic carbocycles. The van der Waals surface area contributed by atoms with Crippen molar-refractivity contribution in [1.82, 2.24) is 4.98 Å². The molecule has 0 aromatic carbocycles. The number of carbonyl (C=O) groups excluding carboxylic acids is 1. The Morgan fingerprint density at radius 2 is 2.25 bits per heavy atom. The second kappa shape index (κ2) is 4.72.